The summed E-state index contributed by atoms with van der Waals surface area (Å²) in [5, 5.41) is 0.0118. The molecular weight excluding hydrogens is 412 g/mol. The second kappa shape index (κ2) is 8.07. The summed E-state index contributed by atoms with van der Waals surface area (Å²) in [5.41, 5.74) is 7.77. The van der Waals surface area contributed by atoms with Gasteiger partial charge in [-0.25, -0.2) is 13.8 Å². The van der Waals surface area contributed by atoms with Crippen LogP contribution < -0.4 is 5.73 Å². The minimum atomic E-state index is -3.00. The van der Waals surface area contributed by atoms with Crippen LogP contribution in [0.4, 0.5) is 14.5 Å². The van der Waals surface area contributed by atoms with E-state index in [-0.39, 0.29) is 40.0 Å². The average molecular weight is 432 g/mol. The summed E-state index contributed by atoms with van der Waals surface area (Å²) in [7, 11) is 0. The number of alkyl halides is 2. The van der Waals surface area contributed by atoms with Crippen molar-refractivity contribution in [2.75, 3.05) is 5.73 Å². The molecule has 0 radical (unpaired) electrons. The Morgan fingerprint density at radius 2 is 1.90 bits per heavy atom. The Labute approximate surface area is 177 Å². The molecule has 0 aliphatic heterocycles. The predicted molar refractivity (Wildman–Crippen MR) is 112 cm³/mol. The lowest BCUT2D eigenvalue weighted by Crippen LogP contribution is -2.17. The second-order valence-electron chi connectivity index (χ2n) is 7.15. The number of carbonyl (C=O) groups excluding carboxylic acids is 2. The largest absolute Gasteiger partial charge is 0.396 e. The van der Waals surface area contributed by atoms with Crippen LogP contribution in [0.1, 0.15) is 54.5 Å². The molecule has 0 bridgehead atoms. The van der Waals surface area contributed by atoms with Gasteiger partial charge in [0, 0.05) is 31.0 Å². The molecule has 1 aliphatic carbocycles. The quantitative estimate of drug-likeness (QED) is 0.390. The summed E-state index contributed by atoms with van der Waals surface area (Å²) in [6.07, 6.45) is 4.84. The Kier molecular flexibility index (Phi) is 5.85. The topological polar surface area (TPSA) is 85.9 Å². The van der Waals surface area contributed by atoms with E-state index < -0.39 is 17.5 Å². The molecule has 1 unspecified atom stereocenters. The van der Waals surface area contributed by atoms with Crippen LogP contribution in [-0.2, 0) is 10.7 Å². The van der Waals surface area contributed by atoms with Crippen molar-refractivity contribution in [2.45, 2.75) is 33.1 Å². The summed E-state index contributed by atoms with van der Waals surface area (Å²) >= 11 is 6.08. The Hall–Kier alpha value is -2.93. The van der Waals surface area contributed by atoms with Gasteiger partial charge in [-0.2, -0.15) is 0 Å². The molecule has 1 aliphatic rings. The van der Waals surface area contributed by atoms with E-state index in [2.05, 4.69) is 9.97 Å². The van der Waals surface area contributed by atoms with E-state index in [0.29, 0.717) is 16.8 Å². The van der Waals surface area contributed by atoms with Crippen LogP contribution in [0.25, 0.3) is 11.1 Å². The van der Waals surface area contributed by atoms with Gasteiger partial charge in [0.25, 0.3) is 5.92 Å². The molecule has 2 aromatic rings. The van der Waals surface area contributed by atoms with Gasteiger partial charge in [0.1, 0.15) is 0 Å². The van der Waals surface area contributed by atoms with E-state index in [4.69, 9.17) is 17.3 Å². The van der Waals surface area contributed by atoms with E-state index in [1.807, 2.05) is 6.92 Å². The molecule has 1 atom stereocenters. The van der Waals surface area contributed by atoms with Gasteiger partial charge in [-0.15, -0.1) is 0 Å². The number of aromatic nitrogens is 2. The summed E-state index contributed by atoms with van der Waals surface area (Å²) in [6.45, 7) is 4.25. The van der Waals surface area contributed by atoms with E-state index in [0.717, 1.165) is 6.92 Å². The highest BCUT2D eigenvalue weighted by Crippen LogP contribution is 2.41. The number of allylic oxidation sites excluding steroid dienone is 4. The normalized spacial score (nSPS) is 16.3. The number of rotatable bonds is 6. The molecule has 0 spiro atoms. The number of nitrogen functional groups attached to an aromatic ring is 1. The number of hydrogen-bond acceptors (Lipinski definition) is 5. The third-order valence-electron chi connectivity index (χ3n) is 5.03. The molecule has 0 fully saturated rings. The lowest BCUT2D eigenvalue weighted by molar-refractivity contribution is -0.114. The highest BCUT2D eigenvalue weighted by Gasteiger charge is 2.30. The van der Waals surface area contributed by atoms with Crippen molar-refractivity contribution in [2.24, 2.45) is 5.92 Å². The Bertz CT molecular complexity index is 1100. The summed E-state index contributed by atoms with van der Waals surface area (Å²) in [6, 6.07) is 3.96. The second-order valence-corrected chi connectivity index (χ2v) is 7.51. The zero-order chi connectivity index (χ0) is 22.2. The lowest BCUT2D eigenvalue weighted by Gasteiger charge is -2.18. The van der Waals surface area contributed by atoms with E-state index in [1.165, 1.54) is 24.4 Å². The van der Waals surface area contributed by atoms with Gasteiger partial charge in [-0.1, -0.05) is 37.6 Å². The maximum Gasteiger partial charge on any atom is 0.270 e. The van der Waals surface area contributed by atoms with Gasteiger partial charge in [0.05, 0.1) is 22.6 Å². The number of halogens is 3. The Morgan fingerprint density at radius 1 is 1.23 bits per heavy atom. The first kappa shape index (κ1) is 21.8. The number of Topliss-reactive ketones (excluding diaryl/α,β-unsaturated/α-hetero) is 2. The van der Waals surface area contributed by atoms with Crippen molar-refractivity contribution in [1.29, 1.82) is 0 Å². The summed E-state index contributed by atoms with van der Waals surface area (Å²) in [5.74, 6) is -4.59. The van der Waals surface area contributed by atoms with Gasteiger partial charge in [0.15, 0.2) is 5.15 Å². The molecule has 2 heterocycles. The number of ketones is 2. The molecule has 0 saturated carbocycles. The number of anilines is 1. The molecular formula is C22H20ClF2N3O2. The molecule has 8 heteroatoms. The lowest BCUT2D eigenvalue weighted by atomic mass is 9.89. The van der Waals surface area contributed by atoms with Crippen molar-refractivity contribution in [3.05, 3.63) is 64.2 Å². The average Bonchev–Trinajstić information content (AvgIpc) is 3.09. The fraction of sp³-hybridized carbons (Fsp3) is 0.273. The molecule has 156 valence electrons. The monoisotopic (exact) mass is 431 g/mol. The zero-order valence-electron chi connectivity index (χ0n) is 16.7. The first-order valence-electron chi connectivity index (χ1n) is 9.35. The third-order valence-corrected chi connectivity index (χ3v) is 5.34. The van der Waals surface area contributed by atoms with E-state index in [9.17, 15) is 18.4 Å². The molecule has 2 N–H and O–H groups in total. The summed E-state index contributed by atoms with van der Waals surface area (Å²) < 4.78 is 27.5. The van der Waals surface area contributed by atoms with E-state index in [1.54, 1.807) is 19.1 Å². The molecule has 3 rings (SSSR count). The zero-order valence-corrected chi connectivity index (χ0v) is 17.4. The predicted octanol–water partition coefficient (Wildman–Crippen LogP) is 5.10. The van der Waals surface area contributed by atoms with Gasteiger partial charge in [-0.05, 0) is 29.3 Å². The van der Waals surface area contributed by atoms with Crippen LogP contribution in [0, 0.1) is 5.92 Å². The Morgan fingerprint density at radius 3 is 2.53 bits per heavy atom. The van der Waals surface area contributed by atoms with Gasteiger partial charge in [-0.3, -0.25) is 14.6 Å². The highest BCUT2D eigenvalue weighted by molar-refractivity contribution is 6.44. The molecule has 0 saturated heterocycles. The van der Waals surface area contributed by atoms with Crippen molar-refractivity contribution in [3.63, 3.8) is 0 Å². The van der Waals surface area contributed by atoms with Crippen LogP contribution in [0.3, 0.4) is 0 Å². The number of pyridine rings is 2. The Balaban J connectivity index is 2.02. The fourth-order valence-electron chi connectivity index (χ4n) is 3.30. The molecule has 5 nitrogen and oxygen atoms in total. The standard InChI is InChI=1S/C22H20ClF2N3O2/c1-4-18(29)20(30)15-10-16(26)21(23)28-19(15)14-6-5-13(11(14)2)17-9-12(7-8-27-17)22(3,24)25/h5-11H,4,26H2,1-3H3. The van der Waals surface area contributed by atoms with Crippen LogP contribution >= 0.6 is 11.6 Å². The van der Waals surface area contributed by atoms with Crippen LogP contribution in [0.5, 0.6) is 0 Å². The maximum absolute atomic E-state index is 13.7. The number of carbonyl (C=O) groups is 2. The number of hydrogen-bond donors (Lipinski definition) is 1. The van der Waals surface area contributed by atoms with Crippen molar-refractivity contribution in [1.82, 2.24) is 9.97 Å². The van der Waals surface area contributed by atoms with Gasteiger partial charge >= 0.3 is 0 Å². The molecule has 0 amide bonds. The third kappa shape index (κ3) is 4.03. The molecule has 30 heavy (non-hydrogen) atoms. The highest BCUT2D eigenvalue weighted by atomic mass is 35.5. The molecule has 0 aromatic carbocycles. The van der Waals surface area contributed by atoms with Gasteiger partial charge < -0.3 is 5.73 Å². The first-order chi connectivity index (χ1) is 14.0. The van der Waals surface area contributed by atoms with Crippen molar-refractivity contribution < 1.29 is 18.4 Å². The smallest absolute Gasteiger partial charge is 0.270 e. The van der Waals surface area contributed by atoms with Crippen LogP contribution in [-0.4, -0.2) is 21.5 Å². The van der Waals surface area contributed by atoms with Crippen LogP contribution in [0.2, 0.25) is 5.15 Å². The maximum atomic E-state index is 13.7. The van der Waals surface area contributed by atoms with Crippen LogP contribution in [0.15, 0.2) is 36.5 Å². The van der Waals surface area contributed by atoms with Crippen molar-refractivity contribution in [3.8, 4) is 0 Å². The van der Waals surface area contributed by atoms with E-state index >= 15 is 0 Å². The fourth-order valence-corrected chi connectivity index (χ4v) is 3.44. The van der Waals surface area contributed by atoms with Gasteiger partial charge in [0.2, 0.25) is 11.6 Å². The van der Waals surface area contributed by atoms with Crippen molar-refractivity contribution >= 4 is 40.0 Å². The molecule has 2 aromatic heterocycles. The first-order valence-corrected chi connectivity index (χ1v) is 9.72. The minimum Gasteiger partial charge on any atom is -0.396 e. The number of nitrogens with zero attached hydrogens (tertiary/aromatic N) is 2. The SMILES string of the molecule is CCC(=O)C(=O)c1cc(N)c(Cl)nc1C1=CC=C(c2cc(C(C)(F)F)ccn2)C1C. The minimum absolute atomic E-state index is 0.0118. The summed E-state index contributed by atoms with van der Waals surface area (Å²) in [4.78, 5) is 33.1. The number of nitrogens with two attached hydrogens (primary N) is 1.